The Kier molecular flexibility index (Phi) is 4.56. The lowest BCUT2D eigenvalue weighted by molar-refractivity contribution is 0.393. The molecule has 0 aliphatic rings. The number of imidazole rings is 1. The molecule has 0 unspecified atom stereocenters. The molecule has 0 saturated heterocycles. The lowest BCUT2D eigenvalue weighted by atomic mass is 10.0. The van der Waals surface area contributed by atoms with Gasteiger partial charge in [-0.2, -0.15) is 0 Å². The average molecular weight is 394 g/mol. The molecule has 0 fully saturated rings. The van der Waals surface area contributed by atoms with Crippen molar-refractivity contribution in [2.24, 2.45) is 0 Å². The van der Waals surface area contributed by atoms with Crippen molar-refractivity contribution < 1.29 is 4.52 Å². The average Bonchev–Trinajstić information content (AvgIpc) is 3.32. The molecule has 5 nitrogen and oxygen atoms in total. The Morgan fingerprint density at radius 3 is 2.33 bits per heavy atom. The van der Waals surface area contributed by atoms with E-state index in [1.54, 1.807) is 0 Å². The van der Waals surface area contributed by atoms with Crippen LogP contribution in [0.3, 0.4) is 0 Å². The summed E-state index contributed by atoms with van der Waals surface area (Å²) in [7, 11) is 0. The van der Waals surface area contributed by atoms with E-state index in [4.69, 9.17) is 9.51 Å². The molecule has 5 rings (SSSR count). The minimum absolute atomic E-state index is 0.730. The minimum atomic E-state index is 0.730. The molecule has 0 saturated carbocycles. The Balaban J connectivity index is 1.53. The van der Waals surface area contributed by atoms with Gasteiger partial charge in [0.2, 0.25) is 0 Å². The van der Waals surface area contributed by atoms with E-state index in [1.165, 1.54) is 5.56 Å². The highest BCUT2D eigenvalue weighted by molar-refractivity contribution is 5.79. The highest BCUT2D eigenvalue weighted by atomic mass is 16.5. The van der Waals surface area contributed by atoms with Gasteiger partial charge in [-0.1, -0.05) is 65.8 Å². The number of hydrogen-bond donors (Lipinski definition) is 1. The van der Waals surface area contributed by atoms with Crippen LogP contribution in [0.25, 0.3) is 28.0 Å². The monoisotopic (exact) mass is 394 g/mol. The molecular formula is C25H22N4O. The van der Waals surface area contributed by atoms with Gasteiger partial charge in [-0.3, -0.25) is 4.40 Å². The second-order valence-corrected chi connectivity index (χ2v) is 7.35. The van der Waals surface area contributed by atoms with Crippen LogP contribution >= 0.6 is 0 Å². The Bertz CT molecular complexity index is 1280. The van der Waals surface area contributed by atoms with Gasteiger partial charge in [0.15, 0.2) is 0 Å². The van der Waals surface area contributed by atoms with E-state index >= 15 is 0 Å². The molecule has 3 heterocycles. The topological polar surface area (TPSA) is 55.4 Å². The van der Waals surface area contributed by atoms with E-state index in [0.717, 1.165) is 51.8 Å². The molecule has 0 bridgehead atoms. The Labute approximate surface area is 175 Å². The lowest BCUT2D eigenvalue weighted by Crippen LogP contribution is -2.03. The molecule has 0 aliphatic heterocycles. The molecule has 5 aromatic rings. The summed E-state index contributed by atoms with van der Waals surface area (Å²) >= 11 is 0. The molecule has 5 heteroatoms. The van der Waals surface area contributed by atoms with E-state index in [-0.39, 0.29) is 0 Å². The van der Waals surface area contributed by atoms with Gasteiger partial charge in [-0.15, -0.1) is 0 Å². The van der Waals surface area contributed by atoms with Crippen LogP contribution in [0.4, 0.5) is 5.82 Å². The third-order valence-corrected chi connectivity index (χ3v) is 5.31. The zero-order valence-corrected chi connectivity index (χ0v) is 17.0. The van der Waals surface area contributed by atoms with E-state index in [1.807, 2.05) is 44.3 Å². The fourth-order valence-electron chi connectivity index (χ4n) is 3.84. The first-order valence-corrected chi connectivity index (χ1v) is 9.99. The zero-order chi connectivity index (χ0) is 20.5. The quantitative estimate of drug-likeness (QED) is 0.404. The fourth-order valence-corrected chi connectivity index (χ4v) is 3.84. The summed E-state index contributed by atoms with van der Waals surface area (Å²) < 4.78 is 7.42. The zero-order valence-electron chi connectivity index (χ0n) is 17.0. The predicted octanol–water partition coefficient (Wildman–Crippen LogP) is 5.89. The molecule has 0 atom stereocenters. The summed E-state index contributed by atoms with van der Waals surface area (Å²) in [6, 6.07) is 24.9. The summed E-state index contributed by atoms with van der Waals surface area (Å²) in [5.74, 6) is 1.82. The van der Waals surface area contributed by atoms with Gasteiger partial charge < -0.3 is 9.84 Å². The van der Waals surface area contributed by atoms with Crippen molar-refractivity contribution in [2.75, 3.05) is 5.32 Å². The number of aryl methyl sites for hydroxylation is 2. The number of nitrogens with zero attached hydrogens (tertiary/aromatic N) is 3. The Hall–Kier alpha value is -3.86. The van der Waals surface area contributed by atoms with Gasteiger partial charge in [-0.05, 0) is 37.1 Å². The molecule has 0 aliphatic carbocycles. The summed E-state index contributed by atoms with van der Waals surface area (Å²) in [5.41, 5.74) is 7.18. The van der Waals surface area contributed by atoms with Gasteiger partial charge >= 0.3 is 0 Å². The van der Waals surface area contributed by atoms with Crippen molar-refractivity contribution in [1.82, 2.24) is 14.5 Å². The standard InChI is InChI=1S/C25H22N4O/c1-17-23(18(2)30-28-17)20-11-13-21(14-12-20)24-25(26-16-19-8-4-3-5-9-19)29-15-7-6-10-22(29)27-24/h3-15,26H,16H2,1-2H3. The number of nitrogens with one attached hydrogen (secondary N) is 1. The Morgan fingerprint density at radius 1 is 0.867 bits per heavy atom. The van der Waals surface area contributed by atoms with Gasteiger partial charge in [0, 0.05) is 23.9 Å². The van der Waals surface area contributed by atoms with Crippen LogP contribution in [0.2, 0.25) is 0 Å². The molecule has 0 spiro atoms. The largest absolute Gasteiger partial charge is 0.365 e. The van der Waals surface area contributed by atoms with Crippen LogP contribution in [0.5, 0.6) is 0 Å². The van der Waals surface area contributed by atoms with Crippen LogP contribution in [0.1, 0.15) is 17.0 Å². The molecule has 2 aromatic carbocycles. The summed E-state index contributed by atoms with van der Waals surface area (Å²) in [5, 5.41) is 7.66. The number of pyridine rings is 1. The number of aromatic nitrogens is 3. The number of fused-ring (bicyclic) bond motifs is 1. The molecule has 30 heavy (non-hydrogen) atoms. The second-order valence-electron chi connectivity index (χ2n) is 7.35. The van der Waals surface area contributed by atoms with Crippen molar-refractivity contribution in [1.29, 1.82) is 0 Å². The number of anilines is 1. The van der Waals surface area contributed by atoms with Gasteiger partial charge in [0.1, 0.15) is 22.9 Å². The summed E-state index contributed by atoms with van der Waals surface area (Å²) in [6.45, 7) is 4.64. The summed E-state index contributed by atoms with van der Waals surface area (Å²) in [4.78, 5) is 4.89. The molecule has 1 N–H and O–H groups in total. The van der Waals surface area contributed by atoms with Crippen LogP contribution in [0, 0.1) is 13.8 Å². The Morgan fingerprint density at radius 2 is 1.60 bits per heavy atom. The number of benzene rings is 2. The van der Waals surface area contributed by atoms with Crippen molar-refractivity contribution in [3.63, 3.8) is 0 Å². The van der Waals surface area contributed by atoms with Gasteiger partial charge in [-0.25, -0.2) is 4.98 Å². The van der Waals surface area contributed by atoms with E-state index in [9.17, 15) is 0 Å². The van der Waals surface area contributed by atoms with Gasteiger partial charge in [0.25, 0.3) is 0 Å². The normalized spacial score (nSPS) is 11.1. The highest BCUT2D eigenvalue weighted by Crippen LogP contribution is 2.32. The highest BCUT2D eigenvalue weighted by Gasteiger charge is 2.15. The van der Waals surface area contributed by atoms with Crippen LogP contribution in [-0.2, 0) is 6.54 Å². The molecule has 0 amide bonds. The maximum absolute atomic E-state index is 5.32. The van der Waals surface area contributed by atoms with Crippen molar-refractivity contribution >= 4 is 11.5 Å². The van der Waals surface area contributed by atoms with Crippen molar-refractivity contribution in [3.05, 3.63) is 96.0 Å². The number of hydrogen-bond acceptors (Lipinski definition) is 4. The van der Waals surface area contributed by atoms with Crippen molar-refractivity contribution in [2.45, 2.75) is 20.4 Å². The maximum atomic E-state index is 5.32. The summed E-state index contributed by atoms with van der Waals surface area (Å²) in [6.07, 6.45) is 2.04. The van der Waals surface area contributed by atoms with Gasteiger partial charge in [0.05, 0.1) is 5.69 Å². The molecule has 3 aromatic heterocycles. The first-order chi connectivity index (χ1) is 14.7. The van der Waals surface area contributed by atoms with Crippen LogP contribution in [-0.4, -0.2) is 14.5 Å². The SMILES string of the molecule is Cc1noc(C)c1-c1ccc(-c2nc3ccccn3c2NCc2ccccc2)cc1. The first-order valence-electron chi connectivity index (χ1n) is 9.99. The lowest BCUT2D eigenvalue weighted by Gasteiger charge is -2.09. The van der Waals surface area contributed by atoms with Crippen molar-refractivity contribution in [3.8, 4) is 22.4 Å². The molecule has 148 valence electrons. The van der Waals surface area contributed by atoms with E-state index < -0.39 is 0 Å². The van der Waals surface area contributed by atoms with E-state index in [0.29, 0.717) is 0 Å². The first kappa shape index (κ1) is 18.2. The minimum Gasteiger partial charge on any atom is -0.365 e. The third-order valence-electron chi connectivity index (χ3n) is 5.31. The third kappa shape index (κ3) is 3.24. The van der Waals surface area contributed by atoms with E-state index in [2.05, 4.69) is 63.4 Å². The fraction of sp³-hybridized carbons (Fsp3) is 0.120. The number of rotatable bonds is 5. The molecular weight excluding hydrogens is 372 g/mol. The predicted molar refractivity (Wildman–Crippen MR) is 119 cm³/mol. The second kappa shape index (κ2) is 7.52. The van der Waals surface area contributed by atoms with Crippen LogP contribution in [0.15, 0.2) is 83.5 Å². The maximum Gasteiger partial charge on any atom is 0.141 e. The smallest absolute Gasteiger partial charge is 0.141 e. The van der Waals surface area contributed by atoms with Crippen LogP contribution < -0.4 is 5.32 Å². The molecule has 0 radical (unpaired) electrons.